The number of aromatic nitrogens is 1. The summed E-state index contributed by atoms with van der Waals surface area (Å²) in [6.07, 6.45) is 5.85. The molecule has 0 saturated heterocycles. The second-order valence-corrected chi connectivity index (χ2v) is 5.79. The fourth-order valence-corrected chi connectivity index (χ4v) is 2.42. The Morgan fingerprint density at radius 1 is 1.27 bits per heavy atom. The van der Waals surface area contributed by atoms with Crippen molar-refractivity contribution in [1.29, 1.82) is 0 Å². The van der Waals surface area contributed by atoms with Gasteiger partial charge in [-0.05, 0) is 23.8 Å². The minimum absolute atomic E-state index is 0.0795. The SMILES string of the molecule is CN(CC(=O)NC1CC1)C(=O)Cc1cncc2ccccc12. The summed E-state index contributed by atoms with van der Waals surface area (Å²) in [4.78, 5) is 29.7. The number of carbonyl (C=O) groups excluding carboxylic acids is 2. The zero-order valence-corrected chi connectivity index (χ0v) is 12.6. The van der Waals surface area contributed by atoms with Gasteiger partial charge in [-0.25, -0.2) is 0 Å². The van der Waals surface area contributed by atoms with Crippen LogP contribution in [0.3, 0.4) is 0 Å². The van der Waals surface area contributed by atoms with E-state index < -0.39 is 0 Å². The highest BCUT2D eigenvalue weighted by Crippen LogP contribution is 2.19. The zero-order valence-electron chi connectivity index (χ0n) is 12.6. The predicted molar refractivity (Wildman–Crippen MR) is 84.2 cm³/mol. The molecular formula is C17H19N3O2. The first-order valence-electron chi connectivity index (χ1n) is 7.48. The number of fused-ring (bicyclic) bond motifs is 1. The lowest BCUT2D eigenvalue weighted by Gasteiger charge is -2.17. The largest absolute Gasteiger partial charge is 0.352 e. The first kappa shape index (κ1) is 14.5. The number of amides is 2. The van der Waals surface area contributed by atoms with Crippen molar-refractivity contribution in [1.82, 2.24) is 15.2 Å². The Labute approximate surface area is 129 Å². The molecule has 3 rings (SSSR count). The molecule has 1 N–H and O–H groups in total. The predicted octanol–water partition coefficient (Wildman–Crippen LogP) is 1.51. The highest BCUT2D eigenvalue weighted by atomic mass is 16.2. The van der Waals surface area contributed by atoms with Crippen molar-refractivity contribution < 1.29 is 9.59 Å². The van der Waals surface area contributed by atoms with Crippen LogP contribution >= 0.6 is 0 Å². The van der Waals surface area contributed by atoms with Gasteiger partial charge < -0.3 is 10.2 Å². The van der Waals surface area contributed by atoms with E-state index >= 15 is 0 Å². The summed E-state index contributed by atoms with van der Waals surface area (Å²) in [5, 5.41) is 4.93. The average molecular weight is 297 g/mol. The number of nitrogens with one attached hydrogen (secondary N) is 1. The summed E-state index contributed by atoms with van der Waals surface area (Å²) in [7, 11) is 1.66. The molecule has 5 nitrogen and oxygen atoms in total. The fraction of sp³-hybridized carbons (Fsp3) is 0.353. The number of hydrogen-bond acceptors (Lipinski definition) is 3. The molecule has 0 spiro atoms. The Morgan fingerprint density at radius 2 is 2.05 bits per heavy atom. The third kappa shape index (κ3) is 3.42. The van der Waals surface area contributed by atoms with Crippen LogP contribution < -0.4 is 5.32 Å². The van der Waals surface area contributed by atoms with Gasteiger partial charge in [-0.15, -0.1) is 0 Å². The highest BCUT2D eigenvalue weighted by Gasteiger charge is 2.24. The van der Waals surface area contributed by atoms with E-state index in [4.69, 9.17) is 0 Å². The van der Waals surface area contributed by atoms with Crippen LogP contribution in [0, 0.1) is 0 Å². The molecule has 1 fully saturated rings. The molecule has 0 aliphatic heterocycles. The summed E-state index contributed by atoms with van der Waals surface area (Å²) >= 11 is 0. The van der Waals surface area contributed by atoms with Crippen molar-refractivity contribution in [2.75, 3.05) is 13.6 Å². The van der Waals surface area contributed by atoms with Crippen molar-refractivity contribution in [3.63, 3.8) is 0 Å². The molecule has 1 heterocycles. The first-order chi connectivity index (χ1) is 10.6. The lowest BCUT2D eigenvalue weighted by atomic mass is 10.1. The van der Waals surface area contributed by atoms with E-state index in [2.05, 4.69) is 10.3 Å². The second-order valence-electron chi connectivity index (χ2n) is 5.79. The third-order valence-electron chi connectivity index (χ3n) is 3.84. The van der Waals surface area contributed by atoms with Crippen LogP contribution in [-0.2, 0) is 16.0 Å². The molecule has 0 atom stereocenters. The normalized spacial score (nSPS) is 13.9. The Hall–Kier alpha value is -2.43. The van der Waals surface area contributed by atoms with Gasteiger partial charge in [0.05, 0.1) is 13.0 Å². The lowest BCUT2D eigenvalue weighted by Crippen LogP contribution is -2.39. The average Bonchev–Trinajstić information content (AvgIpc) is 3.31. The van der Waals surface area contributed by atoms with Gasteiger partial charge in [-0.3, -0.25) is 14.6 Å². The maximum Gasteiger partial charge on any atom is 0.239 e. The van der Waals surface area contributed by atoms with E-state index in [0.717, 1.165) is 29.2 Å². The van der Waals surface area contributed by atoms with E-state index in [9.17, 15) is 9.59 Å². The van der Waals surface area contributed by atoms with Crippen molar-refractivity contribution >= 4 is 22.6 Å². The summed E-state index contributed by atoms with van der Waals surface area (Å²) in [6, 6.07) is 8.17. The molecular weight excluding hydrogens is 278 g/mol. The molecule has 0 radical (unpaired) electrons. The quantitative estimate of drug-likeness (QED) is 0.910. The first-order valence-corrected chi connectivity index (χ1v) is 7.48. The number of nitrogens with zero attached hydrogens (tertiary/aromatic N) is 2. The van der Waals surface area contributed by atoms with Crippen LogP contribution in [0.4, 0.5) is 0 Å². The van der Waals surface area contributed by atoms with E-state index in [0.29, 0.717) is 6.04 Å². The Balaban J connectivity index is 1.65. The number of rotatable bonds is 5. The zero-order chi connectivity index (χ0) is 15.5. The molecule has 1 saturated carbocycles. The molecule has 1 aliphatic carbocycles. The molecule has 1 aromatic carbocycles. The van der Waals surface area contributed by atoms with Gasteiger partial charge in [-0.2, -0.15) is 0 Å². The van der Waals surface area contributed by atoms with Gasteiger partial charge in [0, 0.05) is 30.9 Å². The maximum absolute atomic E-state index is 12.3. The van der Waals surface area contributed by atoms with Crippen LogP contribution in [0.25, 0.3) is 10.8 Å². The van der Waals surface area contributed by atoms with E-state index in [1.54, 1.807) is 19.4 Å². The molecule has 0 unspecified atom stereocenters. The molecule has 1 aromatic heterocycles. The molecule has 2 amide bonds. The monoisotopic (exact) mass is 297 g/mol. The Bertz CT molecular complexity index is 705. The summed E-state index contributed by atoms with van der Waals surface area (Å²) < 4.78 is 0. The van der Waals surface area contributed by atoms with E-state index in [-0.39, 0.29) is 24.8 Å². The van der Waals surface area contributed by atoms with Crippen LogP contribution in [0.15, 0.2) is 36.7 Å². The van der Waals surface area contributed by atoms with Crippen LogP contribution in [-0.4, -0.2) is 41.3 Å². The molecule has 22 heavy (non-hydrogen) atoms. The van der Waals surface area contributed by atoms with E-state index in [1.807, 2.05) is 24.3 Å². The second kappa shape index (κ2) is 6.13. The topological polar surface area (TPSA) is 62.3 Å². The lowest BCUT2D eigenvalue weighted by molar-refractivity contribution is -0.134. The van der Waals surface area contributed by atoms with Gasteiger partial charge in [0.1, 0.15) is 0 Å². The molecule has 2 aromatic rings. The number of carbonyl (C=O) groups is 2. The number of likely N-dealkylation sites (N-methyl/N-ethyl adjacent to an activating group) is 1. The van der Waals surface area contributed by atoms with Gasteiger partial charge in [0.2, 0.25) is 11.8 Å². The maximum atomic E-state index is 12.3. The minimum Gasteiger partial charge on any atom is -0.352 e. The fourth-order valence-electron chi connectivity index (χ4n) is 2.42. The van der Waals surface area contributed by atoms with Gasteiger partial charge in [0.15, 0.2) is 0 Å². The van der Waals surface area contributed by atoms with Crippen molar-refractivity contribution in [2.45, 2.75) is 25.3 Å². The molecule has 5 heteroatoms. The van der Waals surface area contributed by atoms with Crippen molar-refractivity contribution in [3.8, 4) is 0 Å². The minimum atomic E-state index is -0.0885. The highest BCUT2D eigenvalue weighted by molar-refractivity contribution is 5.91. The standard InChI is InChI=1S/C17H19N3O2/c1-20(11-16(21)19-14-6-7-14)17(22)8-13-10-18-9-12-4-2-3-5-15(12)13/h2-5,9-10,14H,6-8,11H2,1H3,(H,19,21). The van der Waals surface area contributed by atoms with Crippen molar-refractivity contribution in [3.05, 3.63) is 42.2 Å². The summed E-state index contributed by atoms with van der Waals surface area (Å²) in [6.45, 7) is 0.105. The van der Waals surface area contributed by atoms with Crippen LogP contribution in [0.1, 0.15) is 18.4 Å². The van der Waals surface area contributed by atoms with Gasteiger partial charge in [-0.1, -0.05) is 24.3 Å². The third-order valence-corrected chi connectivity index (χ3v) is 3.84. The summed E-state index contributed by atoms with van der Waals surface area (Å²) in [5.74, 6) is -0.168. The molecule has 114 valence electrons. The van der Waals surface area contributed by atoms with Crippen molar-refractivity contribution in [2.24, 2.45) is 0 Å². The molecule has 0 bridgehead atoms. The molecule has 1 aliphatic rings. The van der Waals surface area contributed by atoms with Crippen LogP contribution in [0.2, 0.25) is 0 Å². The number of pyridine rings is 1. The van der Waals surface area contributed by atoms with Crippen LogP contribution in [0.5, 0.6) is 0 Å². The number of benzene rings is 1. The smallest absolute Gasteiger partial charge is 0.239 e. The van der Waals surface area contributed by atoms with E-state index in [1.165, 1.54) is 4.90 Å². The number of hydrogen-bond donors (Lipinski definition) is 1. The Kier molecular flexibility index (Phi) is 4.04. The summed E-state index contributed by atoms with van der Waals surface area (Å²) in [5.41, 5.74) is 0.887. The van der Waals surface area contributed by atoms with Gasteiger partial charge >= 0.3 is 0 Å². The van der Waals surface area contributed by atoms with Gasteiger partial charge in [0.25, 0.3) is 0 Å². The Morgan fingerprint density at radius 3 is 2.82 bits per heavy atom.